The summed E-state index contributed by atoms with van der Waals surface area (Å²) in [7, 11) is 4.03. The normalized spacial score (nSPS) is 27.3. The molecule has 1 aliphatic carbocycles. The monoisotopic (exact) mass is 293 g/mol. The highest BCUT2D eigenvalue weighted by atomic mass is 16.5. The van der Waals surface area contributed by atoms with E-state index in [1.165, 1.54) is 36.1 Å². The van der Waals surface area contributed by atoms with Gasteiger partial charge < -0.3 is 4.74 Å². The second-order valence-electron chi connectivity index (χ2n) is 6.61. The number of fused-ring (bicyclic) bond motifs is 3. The Bertz CT molecular complexity index is 667. The van der Waals surface area contributed by atoms with Gasteiger partial charge in [0, 0.05) is 12.0 Å². The van der Waals surface area contributed by atoms with Crippen LogP contribution in [0.4, 0.5) is 0 Å². The van der Waals surface area contributed by atoms with Gasteiger partial charge in [0.1, 0.15) is 5.75 Å². The highest BCUT2D eigenvalue weighted by Gasteiger charge is 2.44. The molecule has 2 aromatic rings. The molecule has 2 aromatic carbocycles. The zero-order chi connectivity index (χ0) is 15.1. The lowest BCUT2D eigenvalue weighted by atomic mass is 9.80. The third kappa shape index (κ3) is 2.05. The Hall–Kier alpha value is -1.80. The van der Waals surface area contributed by atoms with Crippen LogP contribution in [0.25, 0.3) is 0 Å². The molecule has 3 atom stereocenters. The summed E-state index contributed by atoms with van der Waals surface area (Å²) in [6, 6.07) is 18.2. The van der Waals surface area contributed by atoms with E-state index in [0.717, 1.165) is 5.75 Å². The van der Waals surface area contributed by atoms with Gasteiger partial charge in [-0.1, -0.05) is 36.4 Å². The fourth-order valence-electron chi connectivity index (χ4n) is 4.55. The average molecular weight is 293 g/mol. The largest absolute Gasteiger partial charge is 0.497 e. The van der Waals surface area contributed by atoms with Crippen molar-refractivity contribution < 1.29 is 4.74 Å². The van der Waals surface area contributed by atoms with E-state index in [1.807, 2.05) is 0 Å². The summed E-state index contributed by atoms with van der Waals surface area (Å²) in [5, 5.41) is 0. The summed E-state index contributed by atoms with van der Waals surface area (Å²) in [4.78, 5) is 2.54. The zero-order valence-corrected chi connectivity index (χ0v) is 13.3. The predicted molar refractivity (Wildman–Crippen MR) is 89.4 cm³/mol. The molecule has 2 heteroatoms. The van der Waals surface area contributed by atoms with Crippen LogP contribution < -0.4 is 4.74 Å². The van der Waals surface area contributed by atoms with Crippen LogP contribution in [0.3, 0.4) is 0 Å². The van der Waals surface area contributed by atoms with E-state index in [1.54, 1.807) is 7.11 Å². The molecule has 0 amide bonds. The SMILES string of the molecule is COc1ccc2c(c1)C(c1ccccc1)C1CCCN(C)C21. The van der Waals surface area contributed by atoms with Gasteiger partial charge in [-0.3, -0.25) is 4.90 Å². The number of hydrogen-bond donors (Lipinski definition) is 0. The van der Waals surface area contributed by atoms with Gasteiger partial charge in [0.05, 0.1) is 7.11 Å². The number of ether oxygens (including phenoxy) is 1. The van der Waals surface area contributed by atoms with Crippen molar-refractivity contribution in [1.82, 2.24) is 4.90 Å². The van der Waals surface area contributed by atoms with Crippen molar-refractivity contribution in [3.63, 3.8) is 0 Å². The number of likely N-dealkylation sites (tertiary alicyclic amines) is 1. The molecule has 1 fully saturated rings. The van der Waals surface area contributed by atoms with E-state index in [0.29, 0.717) is 17.9 Å². The van der Waals surface area contributed by atoms with Gasteiger partial charge in [-0.05, 0) is 61.2 Å². The van der Waals surface area contributed by atoms with Crippen LogP contribution in [0.5, 0.6) is 5.75 Å². The minimum Gasteiger partial charge on any atom is -0.497 e. The fourth-order valence-corrected chi connectivity index (χ4v) is 4.55. The molecule has 0 spiro atoms. The maximum atomic E-state index is 5.49. The van der Waals surface area contributed by atoms with E-state index in [4.69, 9.17) is 4.74 Å². The molecule has 2 nitrogen and oxygen atoms in total. The van der Waals surface area contributed by atoms with Crippen molar-refractivity contribution in [2.24, 2.45) is 5.92 Å². The first-order valence-corrected chi connectivity index (χ1v) is 8.22. The van der Waals surface area contributed by atoms with Crippen LogP contribution in [0.15, 0.2) is 48.5 Å². The summed E-state index contributed by atoms with van der Waals surface area (Å²) in [5.74, 6) is 2.16. The number of nitrogens with zero attached hydrogens (tertiary/aromatic N) is 1. The van der Waals surface area contributed by atoms with Crippen LogP contribution in [0, 0.1) is 5.92 Å². The van der Waals surface area contributed by atoms with Crippen LogP contribution >= 0.6 is 0 Å². The Balaban J connectivity index is 1.87. The Morgan fingerprint density at radius 1 is 1.05 bits per heavy atom. The van der Waals surface area contributed by atoms with E-state index >= 15 is 0 Å². The van der Waals surface area contributed by atoms with Gasteiger partial charge >= 0.3 is 0 Å². The quantitative estimate of drug-likeness (QED) is 0.822. The summed E-state index contributed by atoms with van der Waals surface area (Å²) in [6.45, 7) is 1.20. The Morgan fingerprint density at radius 2 is 1.86 bits per heavy atom. The third-order valence-electron chi connectivity index (χ3n) is 5.46. The number of piperidine rings is 1. The first-order valence-electron chi connectivity index (χ1n) is 8.22. The summed E-state index contributed by atoms with van der Waals surface area (Å²) < 4.78 is 5.49. The molecule has 1 heterocycles. The lowest BCUT2D eigenvalue weighted by Gasteiger charge is -2.37. The Labute approximate surface area is 132 Å². The number of benzene rings is 2. The van der Waals surface area contributed by atoms with Crippen LogP contribution in [-0.4, -0.2) is 25.6 Å². The standard InChI is InChI=1S/C20H23NO/c1-21-12-6-9-17-19(14-7-4-3-5-8-14)18-13-15(22-2)10-11-16(18)20(17)21/h3-5,7-8,10-11,13,17,19-20H,6,9,12H2,1-2H3. The Morgan fingerprint density at radius 3 is 2.64 bits per heavy atom. The smallest absolute Gasteiger partial charge is 0.119 e. The lowest BCUT2D eigenvalue weighted by Crippen LogP contribution is -2.34. The van der Waals surface area contributed by atoms with Crippen molar-refractivity contribution in [3.8, 4) is 5.75 Å². The van der Waals surface area contributed by atoms with Gasteiger partial charge in [0.25, 0.3) is 0 Å². The molecular formula is C20H23NO. The van der Waals surface area contributed by atoms with Crippen molar-refractivity contribution in [1.29, 1.82) is 0 Å². The first-order chi connectivity index (χ1) is 10.8. The third-order valence-corrected chi connectivity index (χ3v) is 5.46. The zero-order valence-electron chi connectivity index (χ0n) is 13.3. The fraction of sp³-hybridized carbons (Fsp3) is 0.400. The van der Waals surface area contributed by atoms with Gasteiger partial charge in [-0.2, -0.15) is 0 Å². The maximum absolute atomic E-state index is 5.49. The molecule has 2 aliphatic rings. The second kappa shape index (κ2) is 5.44. The number of hydrogen-bond acceptors (Lipinski definition) is 2. The van der Waals surface area contributed by atoms with Gasteiger partial charge in [-0.15, -0.1) is 0 Å². The van der Waals surface area contributed by atoms with Crippen LogP contribution in [-0.2, 0) is 0 Å². The van der Waals surface area contributed by atoms with Crippen molar-refractivity contribution >= 4 is 0 Å². The topological polar surface area (TPSA) is 12.5 Å². The molecule has 114 valence electrons. The van der Waals surface area contributed by atoms with E-state index in [-0.39, 0.29) is 0 Å². The van der Waals surface area contributed by atoms with Crippen molar-refractivity contribution in [3.05, 3.63) is 65.2 Å². The molecule has 22 heavy (non-hydrogen) atoms. The minimum absolute atomic E-state index is 0.499. The summed E-state index contributed by atoms with van der Waals surface area (Å²) in [6.07, 6.45) is 2.61. The molecule has 4 rings (SSSR count). The highest BCUT2D eigenvalue weighted by molar-refractivity contribution is 5.49. The number of rotatable bonds is 2. The maximum Gasteiger partial charge on any atom is 0.119 e. The lowest BCUT2D eigenvalue weighted by molar-refractivity contribution is 0.127. The van der Waals surface area contributed by atoms with E-state index < -0.39 is 0 Å². The average Bonchev–Trinajstić information content (AvgIpc) is 2.90. The summed E-state index contributed by atoms with van der Waals surface area (Å²) in [5.41, 5.74) is 4.41. The molecule has 1 aliphatic heterocycles. The number of methoxy groups -OCH3 is 1. The predicted octanol–water partition coefficient (Wildman–Crippen LogP) is 4.22. The first kappa shape index (κ1) is 13.8. The van der Waals surface area contributed by atoms with Crippen molar-refractivity contribution in [2.45, 2.75) is 24.8 Å². The molecule has 3 unspecified atom stereocenters. The molecule has 0 saturated carbocycles. The van der Waals surface area contributed by atoms with E-state index in [2.05, 4.69) is 60.5 Å². The molecule has 0 aromatic heterocycles. The van der Waals surface area contributed by atoms with Crippen molar-refractivity contribution in [2.75, 3.05) is 20.7 Å². The van der Waals surface area contributed by atoms with Gasteiger partial charge in [0.2, 0.25) is 0 Å². The van der Waals surface area contributed by atoms with Gasteiger partial charge in [0.15, 0.2) is 0 Å². The minimum atomic E-state index is 0.499. The van der Waals surface area contributed by atoms with Crippen LogP contribution in [0.1, 0.15) is 41.5 Å². The molecule has 0 N–H and O–H groups in total. The molecule has 0 bridgehead atoms. The highest BCUT2D eigenvalue weighted by Crippen LogP contribution is 2.54. The molecule has 0 radical (unpaired) electrons. The molecule has 1 saturated heterocycles. The molecular weight excluding hydrogens is 270 g/mol. The van der Waals surface area contributed by atoms with Gasteiger partial charge in [-0.25, -0.2) is 0 Å². The second-order valence-corrected chi connectivity index (χ2v) is 6.61. The van der Waals surface area contributed by atoms with Crippen LogP contribution in [0.2, 0.25) is 0 Å². The van der Waals surface area contributed by atoms with E-state index in [9.17, 15) is 0 Å². The summed E-state index contributed by atoms with van der Waals surface area (Å²) >= 11 is 0. The Kier molecular flexibility index (Phi) is 3.42.